The Morgan fingerprint density at radius 2 is 1.78 bits per heavy atom. The second kappa shape index (κ2) is 15.8. The number of carbonyl (C=O) groups is 1. The van der Waals surface area contributed by atoms with Crippen molar-refractivity contribution in [2.75, 3.05) is 43.5 Å². The molecule has 1 amide bonds. The molecule has 0 bridgehead atoms. The number of aromatic nitrogens is 4. The Bertz CT molecular complexity index is 2290. The van der Waals surface area contributed by atoms with Crippen LogP contribution in [-0.4, -0.2) is 69.5 Å². The summed E-state index contributed by atoms with van der Waals surface area (Å²) in [4.78, 5) is 32.6. The van der Waals surface area contributed by atoms with Crippen LogP contribution in [0.25, 0.3) is 28.3 Å². The number of halogens is 3. The van der Waals surface area contributed by atoms with E-state index in [1.165, 1.54) is 38.4 Å². The van der Waals surface area contributed by atoms with Crippen LogP contribution in [0, 0.1) is 5.92 Å². The number of piperidine rings is 2. The van der Waals surface area contributed by atoms with Crippen molar-refractivity contribution in [1.82, 2.24) is 29.6 Å². The fourth-order valence-corrected chi connectivity index (χ4v) is 8.23. The lowest BCUT2D eigenvalue weighted by molar-refractivity contribution is 0.0963. The topological polar surface area (TPSA) is 99.9 Å². The lowest BCUT2D eigenvalue weighted by atomic mass is 9.99. The van der Waals surface area contributed by atoms with E-state index in [2.05, 4.69) is 25.4 Å². The molecule has 2 fully saturated rings. The Labute approximate surface area is 323 Å². The fourth-order valence-electron chi connectivity index (χ4n) is 7.95. The molecule has 1 unspecified atom stereocenters. The van der Waals surface area contributed by atoms with Crippen molar-refractivity contribution in [3.05, 3.63) is 107 Å². The molecule has 1 aliphatic carbocycles. The molecule has 10 nitrogen and oxygen atoms in total. The van der Waals surface area contributed by atoms with Gasteiger partial charge in [0.05, 0.1) is 40.6 Å². The van der Waals surface area contributed by atoms with Gasteiger partial charge in [-0.05, 0) is 87.2 Å². The lowest BCUT2D eigenvalue weighted by Crippen LogP contribution is -2.46. The fraction of sp³-hybridized carbons (Fsp3) is 0.333. The maximum Gasteiger partial charge on any atom is 0.255 e. The molecule has 1 atom stereocenters. The minimum absolute atomic E-state index is 0.0204. The molecule has 5 heterocycles. The highest BCUT2D eigenvalue weighted by Crippen LogP contribution is 2.40. The van der Waals surface area contributed by atoms with Gasteiger partial charge in [0.1, 0.15) is 28.7 Å². The normalized spacial score (nSPS) is 18.4. The van der Waals surface area contributed by atoms with Crippen LogP contribution in [0.4, 0.5) is 26.1 Å². The van der Waals surface area contributed by atoms with Gasteiger partial charge in [-0.3, -0.25) is 9.20 Å². The van der Waals surface area contributed by atoms with E-state index >= 15 is 0 Å². The number of imidazole rings is 1. The van der Waals surface area contributed by atoms with E-state index in [0.717, 1.165) is 31.6 Å². The summed E-state index contributed by atoms with van der Waals surface area (Å²) in [6, 6.07) is 18.7. The summed E-state index contributed by atoms with van der Waals surface area (Å²) in [7, 11) is 1.63. The van der Waals surface area contributed by atoms with Crippen molar-refractivity contribution < 1.29 is 18.3 Å². The largest absolute Gasteiger partial charge is 0.494 e. The van der Waals surface area contributed by atoms with Crippen molar-refractivity contribution in [3.8, 4) is 28.4 Å². The summed E-state index contributed by atoms with van der Waals surface area (Å²) in [6.45, 7) is 5.99. The van der Waals surface area contributed by atoms with Crippen molar-refractivity contribution in [3.63, 3.8) is 0 Å². The van der Waals surface area contributed by atoms with E-state index in [1.807, 2.05) is 47.0 Å². The van der Waals surface area contributed by atoms with Gasteiger partial charge in [0.15, 0.2) is 0 Å². The van der Waals surface area contributed by atoms with E-state index in [4.69, 9.17) is 26.3 Å². The number of rotatable bonds is 9. The number of amides is 1. The van der Waals surface area contributed by atoms with Gasteiger partial charge in [-0.25, -0.2) is 23.7 Å². The molecule has 0 radical (unpaired) electrons. The Morgan fingerprint density at radius 3 is 2.56 bits per heavy atom. The molecular weight excluding hydrogens is 722 g/mol. The van der Waals surface area contributed by atoms with Crippen LogP contribution < -0.4 is 20.3 Å². The van der Waals surface area contributed by atoms with E-state index in [0.29, 0.717) is 56.7 Å². The van der Waals surface area contributed by atoms with Crippen LogP contribution in [0.5, 0.6) is 5.75 Å². The number of anilines is 3. The van der Waals surface area contributed by atoms with Gasteiger partial charge in [-0.15, -0.1) is 0 Å². The summed E-state index contributed by atoms with van der Waals surface area (Å²) in [6.07, 6.45) is 11.0. The zero-order valence-corrected chi connectivity index (χ0v) is 31.6. The molecule has 3 aliphatic rings. The van der Waals surface area contributed by atoms with Crippen LogP contribution in [0.3, 0.4) is 0 Å². The number of carbonyl (C=O) groups excluding carboxylic acids is 1. The maximum absolute atomic E-state index is 14.7. The lowest BCUT2D eigenvalue weighted by Gasteiger charge is -2.41. The third kappa shape index (κ3) is 7.66. The molecule has 3 aromatic heterocycles. The predicted molar refractivity (Wildman–Crippen MR) is 212 cm³/mol. The van der Waals surface area contributed by atoms with Gasteiger partial charge in [-0.2, -0.15) is 0 Å². The number of nitrogens with one attached hydrogen (secondary N) is 2. The van der Waals surface area contributed by atoms with Gasteiger partial charge in [0.25, 0.3) is 5.91 Å². The number of hydrogen-bond acceptors (Lipinski definition) is 8. The SMILES string of the molecule is COc1cc(N2CCC(N3CCCCC3)CC2)c(Cl)cc1Nc1nccc(-c2c(-c3cccc(C(=O)NC4=C(F)CC(C)C=C4F)c3)nc3ccccn23)n1. The number of fused-ring (bicyclic) bond motifs is 1. The number of pyridine rings is 1. The van der Waals surface area contributed by atoms with Crippen LogP contribution in [-0.2, 0) is 0 Å². The zero-order chi connectivity index (χ0) is 38.1. The minimum Gasteiger partial charge on any atom is -0.494 e. The Kier molecular flexibility index (Phi) is 10.5. The predicted octanol–water partition coefficient (Wildman–Crippen LogP) is 9.12. The average molecular weight is 765 g/mol. The Morgan fingerprint density at radius 1 is 0.964 bits per heavy atom. The van der Waals surface area contributed by atoms with Crippen molar-refractivity contribution in [2.24, 2.45) is 5.92 Å². The number of ether oxygens (including phenoxy) is 1. The molecule has 13 heteroatoms. The first-order valence-corrected chi connectivity index (χ1v) is 19.3. The first-order valence-electron chi connectivity index (χ1n) is 18.9. The quantitative estimate of drug-likeness (QED) is 0.153. The molecule has 2 aliphatic heterocycles. The highest BCUT2D eigenvalue weighted by molar-refractivity contribution is 6.33. The number of benzene rings is 2. The molecule has 2 N–H and O–H groups in total. The van der Waals surface area contributed by atoms with Crippen LogP contribution in [0.2, 0.25) is 5.02 Å². The standard InChI is InChI=1S/C42H43ClF2N8O2/c1-26-21-31(44)39(32(45)22-26)50-41(54)28-10-8-9-27(23-28)38-40(53-18-7-4-11-37(53)49-38)33-12-15-46-42(47-33)48-34-24-30(43)35(25-36(34)55-2)52-19-13-29(14-20-52)51-16-5-3-6-17-51/h4,7-12,15,18,21,23-26,29H,3,5-6,13-14,16-17,19-20,22H2,1-2H3,(H,50,54)(H,46,47,48). The molecule has 284 valence electrons. The van der Waals surface area contributed by atoms with Crippen molar-refractivity contribution >= 4 is 40.5 Å². The van der Waals surface area contributed by atoms with Crippen LogP contribution in [0.1, 0.15) is 55.8 Å². The Hall–Kier alpha value is -5.33. The van der Waals surface area contributed by atoms with Crippen molar-refractivity contribution in [1.29, 1.82) is 0 Å². The highest BCUT2D eigenvalue weighted by Gasteiger charge is 2.28. The molecule has 2 aromatic carbocycles. The number of likely N-dealkylation sites (tertiary alicyclic amines) is 1. The van der Waals surface area contributed by atoms with Crippen LogP contribution >= 0.6 is 11.6 Å². The zero-order valence-electron chi connectivity index (χ0n) is 30.9. The van der Waals surface area contributed by atoms with Gasteiger partial charge in [0.2, 0.25) is 5.95 Å². The van der Waals surface area contributed by atoms with E-state index in [9.17, 15) is 13.6 Å². The smallest absolute Gasteiger partial charge is 0.255 e. The van der Waals surface area contributed by atoms with Gasteiger partial charge in [-0.1, -0.05) is 43.1 Å². The Balaban J connectivity index is 1.06. The average Bonchev–Trinajstić information content (AvgIpc) is 3.60. The molecule has 2 saturated heterocycles. The molecule has 0 spiro atoms. The van der Waals surface area contributed by atoms with Crippen LogP contribution in [0.15, 0.2) is 96.5 Å². The van der Waals surface area contributed by atoms with E-state index in [1.54, 1.807) is 44.5 Å². The number of nitrogens with zero attached hydrogens (tertiary/aromatic N) is 6. The molecule has 8 rings (SSSR count). The van der Waals surface area contributed by atoms with Gasteiger partial charge in [0, 0.05) is 55.1 Å². The molecule has 55 heavy (non-hydrogen) atoms. The number of allylic oxidation sites excluding steroid dienone is 3. The van der Waals surface area contributed by atoms with E-state index < -0.39 is 23.3 Å². The van der Waals surface area contributed by atoms with Gasteiger partial charge >= 0.3 is 0 Å². The maximum atomic E-state index is 14.7. The molecular formula is C42H43ClF2N8O2. The highest BCUT2D eigenvalue weighted by atomic mass is 35.5. The first-order chi connectivity index (χ1) is 26.7. The summed E-state index contributed by atoms with van der Waals surface area (Å²) in [5.74, 6) is -1.46. The second-order valence-corrected chi connectivity index (χ2v) is 14.9. The molecule has 5 aromatic rings. The van der Waals surface area contributed by atoms with E-state index in [-0.39, 0.29) is 17.9 Å². The monoisotopic (exact) mass is 764 g/mol. The third-order valence-electron chi connectivity index (χ3n) is 10.7. The number of hydrogen-bond donors (Lipinski definition) is 2. The summed E-state index contributed by atoms with van der Waals surface area (Å²) in [5, 5.41) is 6.36. The van der Waals surface area contributed by atoms with Gasteiger partial charge < -0.3 is 25.2 Å². The molecule has 0 saturated carbocycles. The first kappa shape index (κ1) is 36.6. The number of methoxy groups -OCH3 is 1. The summed E-state index contributed by atoms with van der Waals surface area (Å²) in [5.41, 5.74) is 4.42. The second-order valence-electron chi connectivity index (χ2n) is 14.5. The summed E-state index contributed by atoms with van der Waals surface area (Å²) >= 11 is 6.95. The summed E-state index contributed by atoms with van der Waals surface area (Å²) < 4.78 is 37.0. The van der Waals surface area contributed by atoms with Crippen molar-refractivity contribution in [2.45, 2.75) is 51.5 Å². The minimum atomic E-state index is -0.782. The third-order valence-corrected chi connectivity index (χ3v) is 11.0.